The van der Waals surface area contributed by atoms with Gasteiger partial charge in [0.15, 0.2) is 5.69 Å². The van der Waals surface area contributed by atoms with E-state index in [1.807, 2.05) is 6.07 Å². The minimum absolute atomic E-state index is 0.00797. The van der Waals surface area contributed by atoms with Crippen LogP contribution in [-0.4, -0.2) is 49.5 Å². The van der Waals surface area contributed by atoms with Crippen LogP contribution >= 0.6 is 11.6 Å². The second kappa shape index (κ2) is 9.00. The van der Waals surface area contributed by atoms with E-state index in [4.69, 9.17) is 17.3 Å². The molecule has 2 fully saturated rings. The lowest BCUT2D eigenvalue weighted by atomic mass is 10.0. The fourth-order valence-corrected chi connectivity index (χ4v) is 5.49. The number of benzene rings is 1. The van der Waals surface area contributed by atoms with E-state index in [2.05, 4.69) is 15.4 Å². The SMILES string of the molecule is N#Cc1ccc2c(c1)c(C(N)=O)nn2CC(=O)N1C2CCC[C@H]2C[C@H]1C(=O)Nc1cccc(Cl)n1. The third-order valence-electron chi connectivity index (χ3n) is 6.79. The molecule has 1 aromatic carbocycles. The smallest absolute Gasteiger partial charge is 0.269 e. The summed E-state index contributed by atoms with van der Waals surface area (Å²) in [5.74, 6) is -0.771. The molecule has 35 heavy (non-hydrogen) atoms. The van der Waals surface area contributed by atoms with Crippen molar-refractivity contribution in [1.82, 2.24) is 19.7 Å². The highest BCUT2D eigenvalue weighted by atomic mass is 35.5. The fraction of sp³-hybridized carbons (Fsp3) is 0.333. The maximum Gasteiger partial charge on any atom is 0.269 e. The van der Waals surface area contributed by atoms with Gasteiger partial charge in [-0.05, 0) is 55.5 Å². The van der Waals surface area contributed by atoms with Crippen molar-refractivity contribution in [3.8, 4) is 6.07 Å². The Morgan fingerprint density at radius 1 is 1.23 bits per heavy atom. The first-order valence-electron chi connectivity index (χ1n) is 11.3. The summed E-state index contributed by atoms with van der Waals surface area (Å²) in [5.41, 5.74) is 6.35. The number of anilines is 1. The van der Waals surface area contributed by atoms with Crippen molar-refractivity contribution in [2.75, 3.05) is 5.32 Å². The van der Waals surface area contributed by atoms with Crippen LogP contribution in [0.1, 0.15) is 41.7 Å². The lowest BCUT2D eigenvalue weighted by Gasteiger charge is -2.29. The van der Waals surface area contributed by atoms with E-state index in [0.29, 0.717) is 28.7 Å². The van der Waals surface area contributed by atoms with Gasteiger partial charge in [-0.2, -0.15) is 10.4 Å². The highest BCUT2D eigenvalue weighted by Crippen LogP contribution is 2.41. The molecular formula is C24H22ClN7O3. The summed E-state index contributed by atoms with van der Waals surface area (Å²) in [6.45, 7) is -0.169. The van der Waals surface area contributed by atoms with Crippen molar-refractivity contribution in [2.45, 2.75) is 44.3 Å². The average Bonchev–Trinajstić information content (AvgIpc) is 3.51. The summed E-state index contributed by atoms with van der Waals surface area (Å²) in [4.78, 5) is 44.5. The van der Waals surface area contributed by atoms with Crippen LogP contribution in [-0.2, 0) is 16.1 Å². The van der Waals surface area contributed by atoms with Gasteiger partial charge >= 0.3 is 0 Å². The minimum Gasteiger partial charge on any atom is -0.364 e. The Labute approximate surface area is 205 Å². The quantitative estimate of drug-likeness (QED) is 0.524. The molecule has 1 aliphatic heterocycles. The van der Waals surface area contributed by atoms with Gasteiger partial charge in [0.2, 0.25) is 11.8 Å². The molecular weight excluding hydrogens is 470 g/mol. The van der Waals surface area contributed by atoms with Crippen LogP contribution in [0.2, 0.25) is 5.15 Å². The van der Waals surface area contributed by atoms with E-state index in [9.17, 15) is 19.6 Å². The molecule has 0 spiro atoms. The number of fused-ring (bicyclic) bond motifs is 2. The molecule has 0 radical (unpaired) electrons. The molecule has 1 unspecified atom stereocenters. The zero-order valence-electron chi connectivity index (χ0n) is 18.6. The van der Waals surface area contributed by atoms with Crippen molar-refractivity contribution < 1.29 is 14.4 Å². The third kappa shape index (κ3) is 4.19. The summed E-state index contributed by atoms with van der Waals surface area (Å²) < 4.78 is 1.41. The number of halogens is 1. The first kappa shape index (κ1) is 22.8. The average molecular weight is 492 g/mol. The zero-order chi connectivity index (χ0) is 24.7. The number of nitrogens with one attached hydrogen (secondary N) is 1. The molecule has 3 amide bonds. The van der Waals surface area contributed by atoms with E-state index in [1.54, 1.807) is 35.2 Å². The number of hydrogen-bond donors (Lipinski definition) is 2. The normalized spacial score (nSPS) is 21.0. The Balaban J connectivity index is 1.44. The lowest BCUT2D eigenvalue weighted by molar-refractivity contribution is -0.139. The van der Waals surface area contributed by atoms with Crippen LogP contribution in [0.5, 0.6) is 0 Å². The monoisotopic (exact) mass is 491 g/mol. The second-order valence-corrected chi connectivity index (χ2v) is 9.25. The van der Waals surface area contributed by atoms with Crippen molar-refractivity contribution in [3.63, 3.8) is 0 Å². The number of likely N-dealkylation sites (tertiary alicyclic amines) is 1. The van der Waals surface area contributed by atoms with Gasteiger partial charge in [-0.15, -0.1) is 0 Å². The number of hydrogen-bond acceptors (Lipinski definition) is 6. The van der Waals surface area contributed by atoms with E-state index in [0.717, 1.165) is 19.3 Å². The first-order valence-corrected chi connectivity index (χ1v) is 11.7. The Bertz CT molecular complexity index is 1400. The van der Waals surface area contributed by atoms with Crippen molar-refractivity contribution in [3.05, 3.63) is 52.8 Å². The van der Waals surface area contributed by atoms with Crippen molar-refractivity contribution >= 4 is 46.0 Å². The molecule has 2 aromatic heterocycles. The molecule has 0 bridgehead atoms. The van der Waals surface area contributed by atoms with Gasteiger partial charge < -0.3 is 16.0 Å². The highest BCUT2D eigenvalue weighted by Gasteiger charge is 2.48. The van der Waals surface area contributed by atoms with Crippen LogP contribution in [0.3, 0.4) is 0 Å². The Morgan fingerprint density at radius 2 is 2.06 bits per heavy atom. The number of aromatic nitrogens is 3. The van der Waals surface area contributed by atoms with E-state index < -0.39 is 11.9 Å². The van der Waals surface area contributed by atoms with Crippen LogP contribution in [0.25, 0.3) is 10.9 Å². The largest absolute Gasteiger partial charge is 0.364 e. The second-order valence-electron chi connectivity index (χ2n) is 8.86. The Kier molecular flexibility index (Phi) is 5.86. The van der Waals surface area contributed by atoms with Crippen LogP contribution in [0.15, 0.2) is 36.4 Å². The van der Waals surface area contributed by atoms with Gasteiger partial charge in [-0.25, -0.2) is 4.98 Å². The molecule has 1 saturated heterocycles. The van der Waals surface area contributed by atoms with Gasteiger partial charge in [-0.3, -0.25) is 19.1 Å². The molecule has 178 valence electrons. The zero-order valence-corrected chi connectivity index (χ0v) is 19.4. The molecule has 3 N–H and O–H groups in total. The highest BCUT2D eigenvalue weighted by molar-refractivity contribution is 6.29. The van der Waals surface area contributed by atoms with Gasteiger partial charge in [0.25, 0.3) is 5.91 Å². The molecule has 3 atom stereocenters. The molecule has 3 aromatic rings. The number of nitrogens with two attached hydrogens (primary N) is 1. The van der Waals surface area contributed by atoms with Crippen LogP contribution in [0, 0.1) is 17.2 Å². The third-order valence-corrected chi connectivity index (χ3v) is 7.00. The predicted molar refractivity (Wildman–Crippen MR) is 127 cm³/mol. The first-order chi connectivity index (χ1) is 16.9. The number of rotatable bonds is 5. The number of nitriles is 1. The van der Waals surface area contributed by atoms with Gasteiger partial charge in [-0.1, -0.05) is 24.1 Å². The summed E-state index contributed by atoms with van der Waals surface area (Å²) in [6.07, 6.45) is 3.35. The van der Waals surface area contributed by atoms with E-state index >= 15 is 0 Å². The number of pyridine rings is 1. The summed E-state index contributed by atoms with van der Waals surface area (Å²) in [5, 5.41) is 16.9. The number of primary amides is 1. The van der Waals surface area contributed by atoms with Crippen LogP contribution < -0.4 is 11.1 Å². The molecule has 2 aliphatic rings. The molecule has 5 rings (SSSR count). The molecule has 11 heteroatoms. The molecule has 1 saturated carbocycles. The number of carbonyl (C=O) groups is 3. The molecule has 10 nitrogen and oxygen atoms in total. The summed E-state index contributed by atoms with van der Waals surface area (Å²) in [6, 6.07) is 11.0. The van der Waals surface area contributed by atoms with Crippen LogP contribution in [0.4, 0.5) is 5.82 Å². The standard InChI is InChI=1S/C24H22ClN7O3/c25-19-5-2-6-20(28-19)29-24(35)18-10-14-3-1-4-16(14)32(18)21(33)12-31-17-8-7-13(11-26)9-15(17)22(30-31)23(27)34/h2,5-9,14,16,18H,1,3-4,10,12H2,(H2,27,34)(H,28,29,35)/t14-,16?,18-/m0/s1. The topological polar surface area (TPSA) is 147 Å². The Morgan fingerprint density at radius 3 is 2.80 bits per heavy atom. The van der Waals surface area contributed by atoms with Gasteiger partial charge in [0.05, 0.1) is 17.1 Å². The lowest BCUT2D eigenvalue weighted by Crippen LogP contribution is -2.48. The number of carbonyl (C=O) groups excluding carboxylic acids is 3. The predicted octanol–water partition coefficient (Wildman–Crippen LogP) is 2.46. The van der Waals surface area contributed by atoms with Crippen molar-refractivity contribution in [1.29, 1.82) is 5.26 Å². The maximum absolute atomic E-state index is 13.6. The maximum atomic E-state index is 13.6. The van der Waals surface area contributed by atoms with E-state index in [1.165, 1.54) is 10.7 Å². The van der Waals surface area contributed by atoms with Crippen molar-refractivity contribution in [2.24, 2.45) is 11.7 Å². The fourth-order valence-electron chi connectivity index (χ4n) is 5.33. The minimum atomic E-state index is -0.750. The summed E-state index contributed by atoms with van der Waals surface area (Å²) in [7, 11) is 0. The molecule has 3 heterocycles. The Hall–Kier alpha value is -3.97. The van der Waals surface area contributed by atoms with Gasteiger partial charge in [0, 0.05) is 11.4 Å². The number of nitrogens with zero attached hydrogens (tertiary/aromatic N) is 5. The van der Waals surface area contributed by atoms with E-state index in [-0.39, 0.29) is 41.2 Å². The summed E-state index contributed by atoms with van der Waals surface area (Å²) >= 11 is 5.94. The van der Waals surface area contributed by atoms with Gasteiger partial charge in [0.1, 0.15) is 23.6 Å². The molecule has 1 aliphatic carbocycles. The number of amides is 3.